The number of Topliss-reactive ketones (excluding diaryl/α,β-unsaturated/α-hetero) is 2. The van der Waals surface area contributed by atoms with Gasteiger partial charge in [-0.3, -0.25) is 14.4 Å². The summed E-state index contributed by atoms with van der Waals surface area (Å²) in [5.74, 6) is -0.504. The molecule has 0 atom stereocenters. The summed E-state index contributed by atoms with van der Waals surface area (Å²) in [7, 11) is 0. The van der Waals surface area contributed by atoms with E-state index in [1.807, 2.05) is 0 Å². The highest BCUT2D eigenvalue weighted by molar-refractivity contribution is 6.41. The molecule has 0 aromatic carbocycles. The van der Waals surface area contributed by atoms with Gasteiger partial charge in [-0.2, -0.15) is 5.10 Å². The van der Waals surface area contributed by atoms with E-state index in [0.29, 0.717) is 16.8 Å². The molecule has 0 aliphatic heterocycles. The second-order valence-corrected chi connectivity index (χ2v) is 5.66. The number of H-pyrrole nitrogens is 1. The lowest BCUT2D eigenvalue weighted by Crippen LogP contribution is -2.27. The maximum atomic E-state index is 12.4. The molecule has 8 heteroatoms. The van der Waals surface area contributed by atoms with Crippen LogP contribution in [0.3, 0.4) is 0 Å². The molecule has 0 bridgehead atoms. The summed E-state index contributed by atoms with van der Waals surface area (Å²) in [6, 6.07) is 0. The molecular weight excluding hydrogens is 329 g/mol. The number of halogens is 2. The Morgan fingerprint density at radius 1 is 1.32 bits per heavy atom. The largest absolute Gasteiger partial charge is 0.355 e. The average molecular weight is 342 g/mol. The monoisotopic (exact) mass is 341 g/mol. The molecule has 0 spiro atoms. The zero-order valence-corrected chi connectivity index (χ0v) is 13.7. The number of carbonyl (C=O) groups excluding carboxylic acids is 2. The Balaban J connectivity index is 2.39. The van der Waals surface area contributed by atoms with E-state index in [1.165, 1.54) is 13.1 Å². The second-order valence-electron chi connectivity index (χ2n) is 4.87. The molecule has 0 aliphatic rings. The van der Waals surface area contributed by atoms with Gasteiger partial charge in [0.1, 0.15) is 11.6 Å². The summed E-state index contributed by atoms with van der Waals surface area (Å²) in [6.45, 7) is 4.53. The van der Waals surface area contributed by atoms with E-state index < -0.39 is 5.56 Å². The smallest absolute Gasteiger partial charge is 0.287 e. The van der Waals surface area contributed by atoms with Crippen LogP contribution in [0.15, 0.2) is 11.0 Å². The summed E-state index contributed by atoms with van der Waals surface area (Å²) in [6.07, 6.45) is 1.20. The number of nitrogens with zero attached hydrogens (tertiary/aromatic N) is 2. The van der Waals surface area contributed by atoms with E-state index in [9.17, 15) is 14.4 Å². The van der Waals surface area contributed by atoms with Crippen molar-refractivity contribution in [1.29, 1.82) is 0 Å². The first-order chi connectivity index (χ1) is 10.2. The fraction of sp³-hybridized carbons (Fsp3) is 0.286. The van der Waals surface area contributed by atoms with Crippen LogP contribution in [0.25, 0.3) is 0 Å². The number of aryl methyl sites for hydroxylation is 1. The normalized spacial score (nSPS) is 10.8. The standard InChI is InChI=1S/C14H13Cl2N3O3/c1-6-11(8(3)20)7(2)18-13(6)10(21)5-19-14(22)12(16)9(15)4-17-19/h4,18H,5H2,1-3H3. The number of hydrogen-bond donors (Lipinski definition) is 1. The average Bonchev–Trinajstić information content (AvgIpc) is 2.74. The molecule has 0 aliphatic carbocycles. The number of ketones is 2. The van der Waals surface area contributed by atoms with E-state index in [2.05, 4.69) is 10.1 Å². The predicted molar refractivity (Wildman–Crippen MR) is 83.1 cm³/mol. The molecule has 0 saturated carbocycles. The van der Waals surface area contributed by atoms with Crippen LogP contribution in [0, 0.1) is 13.8 Å². The Hall–Kier alpha value is -1.92. The van der Waals surface area contributed by atoms with E-state index in [-0.39, 0.29) is 33.9 Å². The zero-order valence-electron chi connectivity index (χ0n) is 12.2. The Morgan fingerprint density at radius 2 is 1.95 bits per heavy atom. The minimum atomic E-state index is -0.643. The fourth-order valence-corrected chi connectivity index (χ4v) is 2.60. The molecule has 0 unspecified atom stereocenters. The first kappa shape index (κ1) is 16.5. The van der Waals surface area contributed by atoms with Crippen LogP contribution >= 0.6 is 23.2 Å². The van der Waals surface area contributed by atoms with Gasteiger partial charge >= 0.3 is 0 Å². The summed E-state index contributed by atoms with van der Waals surface area (Å²) in [5, 5.41) is 3.63. The van der Waals surface area contributed by atoms with Crippen LogP contribution in [0.1, 0.15) is 39.0 Å². The number of aromatic amines is 1. The number of carbonyl (C=O) groups is 2. The second kappa shape index (κ2) is 6.06. The third kappa shape index (κ3) is 2.84. The van der Waals surface area contributed by atoms with Gasteiger partial charge in [-0.25, -0.2) is 4.68 Å². The van der Waals surface area contributed by atoms with Crippen LogP contribution in [0.2, 0.25) is 10.0 Å². The summed E-state index contributed by atoms with van der Waals surface area (Å²) >= 11 is 11.4. The maximum Gasteiger partial charge on any atom is 0.287 e. The highest BCUT2D eigenvalue weighted by Gasteiger charge is 2.21. The van der Waals surface area contributed by atoms with Crippen LogP contribution < -0.4 is 5.56 Å². The van der Waals surface area contributed by atoms with Crippen LogP contribution in [0.4, 0.5) is 0 Å². The van der Waals surface area contributed by atoms with Crippen molar-refractivity contribution in [2.45, 2.75) is 27.3 Å². The van der Waals surface area contributed by atoms with Crippen molar-refractivity contribution in [2.24, 2.45) is 0 Å². The molecule has 2 aromatic rings. The van der Waals surface area contributed by atoms with Gasteiger partial charge in [0.2, 0.25) is 5.78 Å². The lowest BCUT2D eigenvalue weighted by molar-refractivity contribution is 0.0960. The Kier molecular flexibility index (Phi) is 4.53. The first-order valence-electron chi connectivity index (χ1n) is 6.38. The van der Waals surface area contributed by atoms with Crippen molar-refractivity contribution in [1.82, 2.24) is 14.8 Å². The molecule has 116 valence electrons. The lowest BCUT2D eigenvalue weighted by Gasteiger charge is -2.05. The molecule has 2 aromatic heterocycles. The Bertz CT molecular complexity index is 837. The van der Waals surface area contributed by atoms with Gasteiger partial charge in [-0.05, 0) is 26.3 Å². The summed E-state index contributed by atoms with van der Waals surface area (Å²) < 4.78 is 0.930. The van der Waals surface area contributed by atoms with Crippen molar-refractivity contribution in [3.63, 3.8) is 0 Å². The Morgan fingerprint density at radius 3 is 2.50 bits per heavy atom. The SMILES string of the molecule is CC(=O)c1c(C)[nH]c(C(=O)Cn2ncc(Cl)c(Cl)c2=O)c1C. The van der Waals surface area contributed by atoms with E-state index in [1.54, 1.807) is 13.8 Å². The van der Waals surface area contributed by atoms with Gasteiger partial charge < -0.3 is 4.98 Å². The van der Waals surface area contributed by atoms with Crippen molar-refractivity contribution >= 4 is 34.8 Å². The van der Waals surface area contributed by atoms with Crippen molar-refractivity contribution < 1.29 is 9.59 Å². The molecule has 1 N–H and O–H groups in total. The third-order valence-electron chi connectivity index (χ3n) is 3.30. The quantitative estimate of drug-likeness (QED) is 0.866. The molecule has 2 rings (SSSR count). The molecule has 22 heavy (non-hydrogen) atoms. The fourth-order valence-electron chi connectivity index (χ4n) is 2.33. The molecular formula is C14H13Cl2N3O3. The van der Waals surface area contributed by atoms with Gasteiger partial charge in [0.05, 0.1) is 16.9 Å². The van der Waals surface area contributed by atoms with Gasteiger partial charge in [0.15, 0.2) is 5.78 Å². The molecule has 0 saturated heterocycles. The van der Waals surface area contributed by atoms with Gasteiger partial charge in [-0.15, -0.1) is 0 Å². The van der Waals surface area contributed by atoms with Gasteiger partial charge in [0.25, 0.3) is 5.56 Å². The number of rotatable bonds is 4. The van der Waals surface area contributed by atoms with Crippen molar-refractivity contribution in [3.05, 3.63) is 49.1 Å². The van der Waals surface area contributed by atoms with E-state index in [4.69, 9.17) is 23.2 Å². The van der Waals surface area contributed by atoms with Crippen LogP contribution in [-0.4, -0.2) is 26.3 Å². The predicted octanol–water partition coefficient (Wildman–Crippen LogP) is 2.58. The number of hydrogen-bond acceptors (Lipinski definition) is 4. The maximum absolute atomic E-state index is 12.4. The van der Waals surface area contributed by atoms with E-state index >= 15 is 0 Å². The van der Waals surface area contributed by atoms with E-state index in [0.717, 1.165) is 4.68 Å². The molecule has 0 amide bonds. The first-order valence-corrected chi connectivity index (χ1v) is 7.14. The van der Waals surface area contributed by atoms with Crippen molar-refractivity contribution in [2.75, 3.05) is 0 Å². The number of nitrogens with one attached hydrogen (secondary N) is 1. The minimum absolute atomic E-state index is 0.0288. The molecule has 0 radical (unpaired) electrons. The highest BCUT2D eigenvalue weighted by Crippen LogP contribution is 2.19. The molecule has 6 nitrogen and oxygen atoms in total. The third-order valence-corrected chi connectivity index (χ3v) is 4.05. The van der Waals surface area contributed by atoms with Gasteiger partial charge in [0, 0.05) is 11.3 Å². The minimum Gasteiger partial charge on any atom is -0.355 e. The van der Waals surface area contributed by atoms with Crippen LogP contribution in [-0.2, 0) is 6.54 Å². The molecule has 2 heterocycles. The van der Waals surface area contributed by atoms with Crippen LogP contribution in [0.5, 0.6) is 0 Å². The topological polar surface area (TPSA) is 84.8 Å². The van der Waals surface area contributed by atoms with Crippen molar-refractivity contribution in [3.8, 4) is 0 Å². The lowest BCUT2D eigenvalue weighted by atomic mass is 10.1. The zero-order chi connectivity index (χ0) is 16.6. The summed E-state index contributed by atoms with van der Waals surface area (Å²) in [5.41, 5.74) is 1.29. The Labute approximate surface area is 136 Å². The summed E-state index contributed by atoms with van der Waals surface area (Å²) in [4.78, 5) is 38.7. The number of aromatic nitrogens is 3. The molecule has 0 fully saturated rings. The van der Waals surface area contributed by atoms with Gasteiger partial charge in [-0.1, -0.05) is 23.2 Å². The highest BCUT2D eigenvalue weighted by atomic mass is 35.5.